The number of carbonyl (C=O) groups excluding carboxylic acids is 2. The zero-order chi connectivity index (χ0) is 13.5. The van der Waals surface area contributed by atoms with Crippen molar-refractivity contribution >= 4 is 11.8 Å². The number of hydrogen-bond donors (Lipinski definition) is 0. The summed E-state index contributed by atoms with van der Waals surface area (Å²) in [4.78, 5) is 23.4. The van der Waals surface area contributed by atoms with E-state index in [1.54, 1.807) is 13.0 Å². The first-order valence-electron chi connectivity index (χ1n) is 6.43. The molecule has 0 heterocycles. The van der Waals surface area contributed by atoms with Crippen molar-refractivity contribution in [2.75, 3.05) is 6.61 Å². The number of rotatable bonds is 6. The van der Waals surface area contributed by atoms with Crippen LogP contribution in [0.25, 0.3) is 0 Å². The molecule has 0 radical (unpaired) electrons. The van der Waals surface area contributed by atoms with Gasteiger partial charge in [-0.15, -0.1) is 0 Å². The Labute approximate surface area is 108 Å². The Balaban J connectivity index is 2.95. The first-order valence-corrected chi connectivity index (χ1v) is 6.43. The molecule has 1 aromatic carbocycles. The van der Waals surface area contributed by atoms with Gasteiger partial charge in [-0.05, 0) is 30.9 Å². The molecule has 0 amide bonds. The average Bonchev–Trinajstić information content (AvgIpc) is 2.37. The second kappa shape index (κ2) is 6.94. The summed E-state index contributed by atoms with van der Waals surface area (Å²) < 4.78 is 4.80. The number of carbonyl (C=O) groups is 2. The van der Waals surface area contributed by atoms with Gasteiger partial charge in [0.15, 0.2) is 5.78 Å². The standard InChI is InChI=1S/C15H20O3/c1-4-11-8-7-9-13(12(11)5-2)14(16)10-15(17)18-6-3/h7-9H,4-6,10H2,1-3H3. The summed E-state index contributed by atoms with van der Waals surface area (Å²) in [6.07, 6.45) is 1.52. The summed E-state index contributed by atoms with van der Waals surface area (Å²) in [6.45, 7) is 6.13. The fourth-order valence-electron chi connectivity index (χ4n) is 2.08. The van der Waals surface area contributed by atoms with Gasteiger partial charge in [-0.1, -0.05) is 32.0 Å². The predicted molar refractivity (Wildman–Crippen MR) is 70.8 cm³/mol. The Hall–Kier alpha value is -1.64. The number of hydrogen-bond acceptors (Lipinski definition) is 3. The van der Waals surface area contributed by atoms with Gasteiger partial charge in [0.05, 0.1) is 6.61 Å². The van der Waals surface area contributed by atoms with Crippen LogP contribution in [-0.2, 0) is 22.4 Å². The van der Waals surface area contributed by atoms with Gasteiger partial charge in [-0.3, -0.25) is 9.59 Å². The molecular weight excluding hydrogens is 228 g/mol. The van der Waals surface area contributed by atoms with Gasteiger partial charge in [0, 0.05) is 5.56 Å². The van der Waals surface area contributed by atoms with E-state index in [0.29, 0.717) is 12.2 Å². The maximum absolute atomic E-state index is 12.1. The van der Waals surface area contributed by atoms with Crippen molar-refractivity contribution in [2.24, 2.45) is 0 Å². The van der Waals surface area contributed by atoms with Gasteiger partial charge in [-0.25, -0.2) is 0 Å². The van der Waals surface area contributed by atoms with E-state index in [0.717, 1.165) is 18.4 Å². The lowest BCUT2D eigenvalue weighted by molar-refractivity contribution is -0.141. The first kappa shape index (κ1) is 14.4. The monoisotopic (exact) mass is 248 g/mol. The summed E-state index contributed by atoms with van der Waals surface area (Å²) in [5.74, 6) is -0.605. The largest absolute Gasteiger partial charge is 0.466 e. The molecule has 18 heavy (non-hydrogen) atoms. The molecule has 98 valence electrons. The third-order valence-electron chi connectivity index (χ3n) is 2.92. The molecule has 1 rings (SSSR count). The van der Waals surface area contributed by atoms with E-state index in [1.807, 2.05) is 19.1 Å². The van der Waals surface area contributed by atoms with Crippen molar-refractivity contribution in [3.8, 4) is 0 Å². The van der Waals surface area contributed by atoms with Crippen LogP contribution in [0.5, 0.6) is 0 Å². The number of aryl methyl sites for hydroxylation is 1. The van der Waals surface area contributed by atoms with Gasteiger partial charge in [0.25, 0.3) is 0 Å². The Morgan fingerprint density at radius 1 is 1.11 bits per heavy atom. The van der Waals surface area contributed by atoms with E-state index >= 15 is 0 Å². The third-order valence-corrected chi connectivity index (χ3v) is 2.92. The number of ketones is 1. The lowest BCUT2D eigenvalue weighted by Gasteiger charge is -2.11. The first-order chi connectivity index (χ1) is 8.63. The van der Waals surface area contributed by atoms with Crippen LogP contribution >= 0.6 is 0 Å². The SMILES string of the molecule is CCOC(=O)CC(=O)c1cccc(CC)c1CC. The molecule has 3 nitrogen and oxygen atoms in total. The lowest BCUT2D eigenvalue weighted by Crippen LogP contribution is -2.13. The van der Waals surface area contributed by atoms with Crippen LogP contribution in [0.3, 0.4) is 0 Å². The Morgan fingerprint density at radius 2 is 1.83 bits per heavy atom. The van der Waals surface area contributed by atoms with Crippen molar-refractivity contribution in [3.63, 3.8) is 0 Å². The zero-order valence-corrected chi connectivity index (χ0v) is 11.3. The number of Topliss-reactive ketones (excluding diaryl/α,β-unsaturated/α-hetero) is 1. The highest BCUT2D eigenvalue weighted by molar-refractivity contribution is 6.07. The van der Waals surface area contributed by atoms with Crippen LogP contribution in [0.4, 0.5) is 0 Å². The average molecular weight is 248 g/mol. The maximum atomic E-state index is 12.1. The fraction of sp³-hybridized carbons (Fsp3) is 0.467. The molecule has 0 aliphatic rings. The van der Waals surface area contributed by atoms with Crippen molar-refractivity contribution < 1.29 is 14.3 Å². The second-order valence-electron chi connectivity index (χ2n) is 4.06. The lowest BCUT2D eigenvalue weighted by atomic mass is 9.94. The van der Waals surface area contributed by atoms with Crippen LogP contribution in [0, 0.1) is 0 Å². The molecule has 0 N–H and O–H groups in total. The topological polar surface area (TPSA) is 43.4 Å². The molecule has 0 unspecified atom stereocenters. The van der Waals surface area contributed by atoms with E-state index in [2.05, 4.69) is 6.92 Å². The van der Waals surface area contributed by atoms with E-state index in [9.17, 15) is 9.59 Å². The van der Waals surface area contributed by atoms with E-state index in [1.165, 1.54) is 5.56 Å². The van der Waals surface area contributed by atoms with Crippen LogP contribution in [0.1, 0.15) is 48.7 Å². The van der Waals surface area contributed by atoms with Crippen molar-refractivity contribution in [1.29, 1.82) is 0 Å². The summed E-state index contributed by atoms with van der Waals surface area (Å²) >= 11 is 0. The number of benzene rings is 1. The summed E-state index contributed by atoms with van der Waals surface area (Å²) in [7, 11) is 0. The Bertz CT molecular complexity index is 435. The van der Waals surface area contributed by atoms with Crippen LogP contribution < -0.4 is 0 Å². The van der Waals surface area contributed by atoms with Crippen molar-refractivity contribution in [1.82, 2.24) is 0 Å². The molecule has 0 spiro atoms. The highest BCUT2D eigenvalue weighted by Gasteiger charge is 2.16. The van der Waals surface area contributed by atoms with E-state index < -0.39 is 5.97 Å². The molecular formula is C15H20O3. The Kier molecular flexibility index (Phi) is 5.56. The second-order valence-corrected chi connectivity index (χ2v) is 4.06. The van der Waals surface area contributed by atoms with Crippen molar-refractivity contribution in [2.45, 2.75) is 40.0 Å². The normalized spacial score (nSPS) is 10.2. The minimum atomic E-state index is -0.452. The fourth-order valence-corrected chi connectivity index (χ4v) is 2.08. The van der Waals surface area contributed by atoms with E-state index in [4.69, 9.17) is 4.74 Å². The zero-order valence-electron chi connectivity index (χ0n) is 11.3. The summed E-state index contributed by atoms with van der Waals surface area (Å²) in [5.41, 5.74) is 2.88. The minimum Gasteiger partial charge on any atom is -0.466 e. The molecule has 0 atom stereocenters. The molecule has 0 fully saturated rings. The van der Waals surface area contributed by atoms with Crippen LogP contribution in [-0.4, -0.2) is 18.4 Å². The molecule has 0 aliphatic heterocycles. The minimum absolute atomic E-state index is 0.152. The molecule has 0 bridgehead atoms. The van der Waals surface area contributed by atoms with Crippen LogP contribution in [0.15, 0.2) is 18.2 Å². The molecule has 1 aromatic rings. The van der Waals surface area contributed by atoms with Crippen LogP contribution in [0.2, 0.25) is 0 Å². The predicted octanol–water partition coefficient (Wildman–Crippen LogP) is 2.95. The summed E-state index contributed by atoms with van der Waals surface area (Å²) in [6, 6.07) is 5.69. The summed E-state index contributed by atoms with van der Waals surface area (Å²) in [5, 5.41) is 0. The van der Waals surface area contributed by atoms with Gasteiger partial charge >= 0.3 is 5.97 Å². The molecule has 0 saturated heterocycles. The molecule has 3 heteroatoms. The Morgan fingerprint density at radius 3 is 2.39 bits per heavy atom. The van der Waals surface area contributed by atoms with Gasteiger partial charge < -0.3 is 4.74 Å². The number of ether oxygens (including phenoxy) is 1. The maximum Gasteiger partial charge on any atom is 0.313 e. The molecule has 0 aliphatic carbocycles. The number of esters is 1. The quantitative estimate of drug-likeness (QED) is 0.441. The van der Waals surface area contributed by atoms with Gasteiger partial charge in [0.2, 0.25) is 0 Å². The third kappa shape index (κ3) is 3.42. The highest BCUT2D eigenvalue weighted by atomic mass is 16.5. The van der Waals surface area contributed by atoms with E-state index in [-0.39, 0.29) is 12.2 Å². The molecule has 0 aromatic heterocycles. The van der Waals surface area contributed by atoms with Gasteiger partial charge in [-0.2, -0.15) is 0 Å². The van der Waals surface area contributed by atoms with Gasteiger partial charge in [0.1, 0.15) is 6.42 Å². The molecule has 0 saturated carbocycles. The van der Waals surface area contributed by atoms with Crippen molar-refractivity contribution in [3.05, 3.63) is 34.9 Å². The smallest absolute Gasteiger partial charge is 0.313 e. The highest BCUT2D eigenvalue weighted by Crippen LogP contribution is 2.18.